The number of hydrogen-bond acceptors (Lipinski definition) is 5. The van der Waals surface area contributed by atoms with Crippen LogP contribution >= 0.6 is 0 Å². The molecule has 1 aliphatic heterocycles. The summed E-state index contributed by atoms with van der Waals surface area (Å²) in [5, 5.41) is 18.7. The van der Waals surface area contributed by atoms with Crippen molar-refractivity contribution in [2.45, 2.75) is 32.0 Å². The number of carbonyl (C=O) groups is 1. The predicted octanol–water partition coefficient (Wildman–Crippen LogP) is 0.508. The van der Waals surface area contributed by atoms with Gasteiger partial charge in [-0.2, -0.15) is 5.26 Å². The van der Waals surface area contributed by atoms with E-state index in [1.807, 2.05) is 0 Å². The molecule has 6 nitrogen and oxygen atoms in total. The first-order valence-corrected chi connectivity index (χ1v) is 5.45. The average Bonchev–Trinajstić information content (AvgIpc) is 2.39. The largest absolute Gasteiger partial charge is 0.444 e. The smallest absolute Gasteiger partial charge is 0.410 e. The molecule has 1 N–H and O–H groups in total. The summed E-state index contributed by atoms with van der Waals surface area (Å²) < 4.78 is 10.3. The summed E-state index contributed by atoms with van der Waals surface area (Å²) in [6.07, 6.45) is -0.545. The molecule has 1 rings (SSSR count). The number of rotatable bonds is 0. The molecule has 0 saturated carbocycles. The lowest BCUT2D eigenvalue weighted by Crippen LogP contribution is -2.47. The summed E-state index contributed by atoms with van der Waals surface area (Å²) in [5.74, 6) is 0. The summed E-state index contributed by atoms with van der Waals surface area (Å²) >= 11 is 0. The summed E-state index contributed by atoms with van der Waals surface area (Å²) in [6, 6.07) is 1.75. The van der Waals surface area contributed by atoms with Gasteiger partial charge in [-0.25, -0.2) is 4.79 Å². The van der Waals surface area contributed by atoms with Crippen molar-refractivity contribution in [2.75, 3.05) is 26.3 Å². The maximum atomic E-state index is 11.8. The van der Waals surface area contributed by atoms with Crippen LogP contribution in [0.25, 0.3) is 0 Å². The number of nitriles is 1. The Morgan fingerprint density at radius 2 is 2.24 bits per heavy atom. The van der Waals surface area contributed by atoms with E-state index in [9.17, 15) is 9.90 Å². The van der Waals surface area contributed by atoms with E-state index in [0.29, 0.717) is 6.54 Å². The molecule has 0 spiro atoms. The highest BCUT2D eigenvalue weighted by molar-refractivity contribution is 5.68. The topological polar surface area (TPSA) is 82.8 Å². The molecule has 1 aliphatic rings. The van der Waals surface area contributed by atoms with Crippen molar-refractivity contribution < 1.29 is 19.4 Å². The number of β-amino-alcohol motifs (C(OH)–C–C–N with tert-alkyl or cyclic N) is 1. The lowest BCUT2D eigenvalue weighted by molar-refractivity contribution is -0.00424. The van der Waals surface area contributed by atoms with Crippen molar-refractivity contribution in [3.05, 3.63) is 0 Å². The third kappa shape index (κ3) is 4.21. The van der Waals surface area contributed by atoms with Gasteiger partial charge < -0.3 is 19.5 Å². The number of hydrogen-bond donors (Lipinski definition) is 1. The first-order chi connectivity index (χ1) is 7.76. The van der Waals surface area contributed by atoms with E-state index >= 15 is 0 Å². The molecule has 0 radical (unpaired) electrons. The Bertz CT molecular complexity index is 331. The van der Waals surface area contributed by atoms with Crippen LogP contribution in [0.1, 0.15) is 20.8 Å². The zero-order chi connectivity index (χ0) is 13.1. The fourth-order valence-electron chi connectivity index (χ4n) is 1.41. The van der Waals surface area contributed by atoms with Crippen molar-refractivity contribution in [1.82, 2.24) is 4.90 Å². The van der Waals surface area contributed by atoms with Crippen molar-refractivity contribution in [1.29, 1.82) is 5.26 Å². The molecule has 0 aromatic heterocycles. The SMILES string of the molecule is CC(C)(C)OC(=O)N1CCOCC(O)(C#N)C1. The lowest BCUT2D eigenvalue weighted by Gasteiger charge is -2.28. The normalized spacial score (nSPS) is 25.9. The molecule has 0 aromatic rings. The molecule has 0 aromatic carbocycles. The van der Waals surface area contributed by atoms with E-state index in [-0.39, 0.29) is 19.8 Å². The van der Waals surface area contributed by atoms with Crippen LogP contribution in [-0.2, 0) is 9.47 Å². The molecule has 96 valence electrons. The molecule has 1 amide bonds. The molecule has 6 heteroatoms. The van der Waals surface area contributed by atoms with Crippen LogP contribution < -0.4 is 0 Å². The Hall–Kier alpha value is -1.32. The van der Waals surface area contributed by atoms with Crippen LogP contribution in [0.3, 0.4) is 0 Å². The van der Waals surface area contributed by atoms with E-state index in [2.05, 4.69) is 0 Å². The first kappa shape index (κ1) is 13.7. The van der Waals surface area contributed by atoms with E-state index in [4.69, 9.17) is 14.7 Å². The quantitative estimate of drug-likeness (QED) is 0.626. The fraction of sp³-hybridized carbons (Fsp3) is 0.818. The zero-order valence-electron chi connectivity index (χ0n) is 10.4. The van der Waals surface area contributed by atoms with Crippen LogP contribution in [0.5, 0.6) is 0 Å². The minimum absolute atomic E-state index is 0.0944. The zero-order valence-corrected chi connectivity index (χ0v) is 10.4. The van der Waals surface area contributed by atoms with Crippen LogP contribution in [-0.4, -0.2) is 53.6 Å². The van der Waals surface area contributed by atoms with E-state index < -0.39 is 17.3 Å². The third-order valence-corrected chi connectivity index (χ3v) is 2.16. The average molecular weight is 242 g/mol. The van der Waals surface area contributed by atoms with Gasteiger partial charge in [-0.15, -0.1) is 0 Å². The Balaban J connectivity index is 2.70. The van der Waals surface area contributed by atoms with Crippen molar-refractivity contribution in [3.8, 4) is 6.07 Å². The van der Waals surface area contributed by atoms with E-state index in [1.165, 1.54) is 4.90 Å². The fourth-order valence-corrected chi connectivity index (χ4v) is 1.41. The molecule has 1 atom stereocenters. The van der Waals surface area contributed by atoms with Crippen molar-refractivity contribution in [3.63, 3.8) is 0 Å². The lowest BCUT2D eigenvalue weighted by atomic mass is 10.1. The first-order valence-electron chi connectivity index (χ1n) is 5.45. The van der Waals surface area contributed by atoms with Crippen LogP contribution in [0.2, 0.25) is 0 Å². The van der Waals surface area contributed by atoms with Gasteiger partial charge in [0.05, 0.1) is 19.8 Å². The van der Waals surface area contributed by atoms with Crippen LogP contribution in [0.4, 0.5) is 4.79 Å². The van der Waals surface area contributed by atoms with Crippen molar-refractivity contribution >= 4 is 6.09 Å². The maximum absolute atomic E-state index is 11.8. The Morgan fingerprint density at radius 3 is 2.76 bits per heavy atom. The highest BCUT2D eigenvalue weighted by Crippen LogP contribution is 2.15. The molecule has 0 aliphatic carbocycles. The van der Waals surface area contributed by atoms with E-state index in [1.54, 1.807) is 26.8 Å². The van der Waals surface area contributed by atoms with Gasteiger partial charge in [-0.3, -0.25) is 0 Å². The number of ether oxygens (including phenoxy) is 2. The molecule has 1 fully saturated rings. The second-order valence-corrected chi connectivity index (χ2v) is 5.10. The van der Waals surface area contributed by atoms with Gasteiger partial charge in [0.25, 0.3) is 0 Å². The van der Waals surface area contributed by atoms with Crippen LogP contribution in [0, 0.1) is 11.3 Å². The van der Waals surface area contributed by atoms with Gasteiger partial charge in [0.15, 0.2) is 5.60 Å². The monoisotopic (exact) mass is 242 g/mol. The number of nitrogens with zero attached hydrogens (tertiary/aromatic N) is 2. The van der Waals surface area contributed by atoms with E-state index in [0.717, 1.165) is 0 Å². The Labute approximate surface area is 101 Å². The van der Waals surface area contributed by atoms with Crippen molar-refractivity contribution in [2.24, 2.45) is 0 Å². The summed E-state index contributed by atoms with van der Waals surface area (Å²) in [6.45, 7) is 5.67. The molecule has 17 heavy (non-hydrogen) atoms. The Kier molecular flexibility index (Phi) is 3.96. The van der Waals surface area contributed by atoms with Gasteiger partial charge in [-0.1, -0.05) is 0 Å². The summed E-state index contributed by atoms with van der Waals surface area (Å²) in [5.41, 5.74) is -2.26. The van der Waals surface area contributed by atoms with Gasteiger partial charge >= 0.3 is 6.09 Å². The second-order valence-electron chi connectivity index (χ2n) is 5.10. The molecular formula is C11H18N2O4. The maximum Gasteiger partial charge on any atom is 0.410 e. The second kappa shape index (κ2) is 4.90. The standard InChI is InChI=1S/C11H18N2O4/c1-10(2,3)17-9(14)13-4-5-16-8-11(15,6-12)7-13/h15H,4-5,7-8H2,1-3H3. The van der Waals surface area contributed by atoms with Gasteiger partial charge in [-0.05, 0) is 20.8 Å². The summed E-state index contributed by atoms with van der Waals surface area (Å²) in [7, 11) is 0. The summed E-state index contributed by atoms with van der Waals surface area (Å²) in [4.78, 5) is 13.1. The minimum atomic E-state index is -1.66. The number of carbonyl (C=O) groups excluding carboxylic acids is 1. The van der Waals surface area contributed by atoms with Gasteiger partial charge in [0, 0.05) is 6.54 Å². The highest BCUT2D eigenvalue weighted by Gasteiger charge is 2.35. The molecule has 1 unspecified atom stereocenters. The molecule has 1 heterocycles. The Morgan fingerprint density at radius 1 is 1.59 bits per heavy atom. The van der Waals surface area contributed by atoms with Gasteiger partial charge in [0.1, 0.15) is 11.7 Å². The minimum Gasteiger partial charge on any atom is -0.444 e. The highest BCUT2D eigenvalue weighted by atomic mass is 16.6. The predicted molar refractivity (Wildman–Crippen MR) is 59.2 cm³/mol. The number of amides is 1. The molecule has 1 saturated heterocycles. The third-order valence-electron chi connectivity index (χ3n) is 2.16. The molecular weight excluding hydrogens is 224 g/mol. The van der Waals surface area contributed by atoms with Crippen LogP contribution in [0.15, 0.2) is 0 Å². The molecule has 0 bridgehead atoms. The van der Waals surface area contributed by atoms with Gasteiger partial charge in [0.2, 0.25) is 0 Å². The number of aliphatic hydroxyl groups is 1.